The molecule has 0 saturated heterocycles. The van der Waals surface area contributed by atoms with Crippen LogP contribution in [0.15, 0.2) is 84.2 Å². The van der Waals surface area contributed by atoms with Gasteiger partial charge in [0.15, 0.2) is 5.82 Å². The van der Waals surface area contributed by atoms with Crippen LogP contribution in [-0.4, -0.2) is 15.7 Å². The lowest BCUT2D eigenvalue weighted by Crippen LogP contribution is -2.01. The fourth-order valence-electron chi connectivity index (χ4n) is 2.65. The lowest BCUT2D eigenvalue weighted by molar-refractivity contribution is 1.16. The molecule has 4 rings (SSSR count). The van der Waals surface area contributed by atoms with Crippen molar-refractivity contribution in [3.63, 3.8) is 0 Å². The van der Waals surface area contributed by atoms with Gasteiger partial charge in [0, 0.05) is 36.1 Å². The lowest BCUT2D eigenvalue weighted by Gasteiger charge is -2.05. The van der Waals surface area contributed by atoms with Crippen LogP contribution in [-0.2, 0) is 0 Å². The summed E-state index contributed by atoms with van der Waals surface area (Å²) < 4.78 is 0. The van der Waals surface area contributed by atoms with Crippen molar-refractivity contribution >= 4 is 11.3 Å². The molecule has 0 bridgehead atoms. The predicted molar refractivity (Wildman–Crippen MR) is 93.0 cm³/mol. The maximum absolute atomic E-state index is 4.54. The Morgan fingerprint density at radius 2 is 1.26 bits per heavy atom. The van der Waals surface area contributed by atoms with Crippen LogP contribution in [0.5, 0.6) is 0 Å². The van der Waals surface area contributed by atoms with Crippen molar-refractivity contribution in [2.75, 3.05) is 0 Å². The van der Waals surface area contributed by atoms with Crippen molar-refractivity contribution in [1.82, 2.24) is 9.97 Å². The summed E-state index contributed by atoms with van der Waals surface area (Å²) in [5.41, 5.74) is 5.46. The molecule has 0 unspecified atom stereocenters. The van der Waals surface area contributed by atoms with Crippen molar-refractivity contribution in [2.45, 2.75) is 6.42 Å². The van der Waals surface area contributed by atoms with E-state index in [0.29, 0.717) is 0 Å². The van der Waals surface area contributed by atoms with Crippen LogP contribution in [0.25, 0.3) is 17.0 Å². The first-order valence-electron chi connectivity index (χ1n) is 7.59. The Bertz CT molecular complexity index is 864. The Morgan fingerprint density at radius 3 is 1.91 bits per heavy atom. The third kappa shape index (κ3) is 2.81. The zero-order chi connectivity index (χ0) is 15.5. The van der Waals surface area contributed by atoms with Crippen molar-refractivity contribution in [3.8, 4) is 11.4 Å². The maximum Gasteiger partial charge on any atom is 0.159 e. The summed E-state index contributed by atoms with van der Waals surface area (Å²) >= 11 is 0. The summed E-state index contributed by atoms with van der Waals surface area (Å²) in [4.78, 5) is 13.5. The molecule has 110 valence electrons. The van der Waals surface area contributed by atoms with E-state index in [4.69, 9.17) is 0 Å². The van der Waals surface area contributed by atoms with E-state index < -0.39 is 0 Å². The van der Waals surface area contributed by atoms with E-state index in [1.54, 1.807) is 0 Å². The molecular formula is C20H15N3. The number of hydrogen-bond donors (Lipinski definition) is 0. The zero-order valence-corrected chi connectivity index (χ0v) is 12.6. The van der Waals surface area contributed by atoms with E-state index in [-0.39, 0.29) is 0 Å². The summed E-state index contributed by atoms with van der Waals surface area (Å²) in [6, 6.07) is 20.3. The third-order valence-electron chi connectivity index (χ3n) is 3.90. The molecule has 2 heterocycles. The quantitative estimate of drug-likeness (QED) is 0.719. The molecular weight excluding hydrogens is 282 g/mol. The molecule has 0 aliphatic carbocycles. The summed E-state index contributed by atoms with van der Waals surface area (Å²) in [6.45, 7) is 0. The Kier molecular flexibility index (Phi) is 3.53. The minimum Gasteiger partial charge on any atom is -0.260 e. The van der Waals surface area contributed by atoms with Gasteiger partial charge in [-0.15, -0.1) is 0 Å². The van der Waals surface area contributed by atoms with Crippen LogP contribution >= 0.6 is 0 Å². The van der Waals surface area contributed by atoms with Gasteiger partial charge in [-0.3, -0.25) is 4.99 Å². The minimum absolute atomic E-state index is 0.740. The second kappa shape index (κ2) is 5.97. The highest BCUT2D eigenvalue weighted by Gasteiger charge is 2.14. The highest BCUT2D eigenvalue weighted by molar-refractivity contribution is 6.08. The van der Waals surface area contributed by atoms with Crippen molar-refractivity contribution in [3.05, 3.63) is 90.4 Å². The first-order chi connectivity index (χ1) is 11.4. The molecule has 0 N–H and O–H groups in total. The van der Waals surface area contributed by atoms with Crippen molar-refractivity contribution < 1.29 is 0 Å². The Labute approximate surface area is 135 Å². The number of benzene rings is 2. The average Bonchev–Trinajstić information content (AvgIpc) is 3.14. The van der Waals surface area contributed by atoms with Crippen LogP contribution < -0.4 is 0 Å². The maximum atomic E-state index is 4.54. The summed E-state index contributed by atoms with van der Waals surface area (Å²) in [7, 11) is 0. The molecule has 0 amide bonds. The molecule has 0 fully saturated rings. The fraction of sp³-hybridized carbons (Fsp3) is 0.0500. The van der Waals surface area contributed by atoms with E-state index in [1.807, 2.05) is 67.1 Å². The molecule has 23 heavy (non-hydrogen) atoms. The van der Waals surface area contributed by atoms with Gasteiger partial charge >= 0.3 is 0 Å². The highest BCUT2D eigenvalue weighted by atomic mass is 14.9. The number of aliphatic imine (C=N–C) groups is 1. The SMILES string of the molecule is C1=C(c2ccccc2)CC(c2cnc(-c3ccccc3)nc2)=N1. The Balaban J connectivity index is 1.52. The van der Waals surface area contributed by atoms with Gasteiger partial charge in [0.2, 0.25) is 0 Å². The minimum atomic E-state index is 0.740. The molecule has 0 atom stereocenters. The van der Waals surface area contributed by atoms with E-state index in [2.05, 4.69) is 27.1 Å². The second-order valence-corrected chi connectivity index (χ2v) is 5.43. The van der Waals surface area contributed by atoms with Crippen LogP contribution in [0, 0.1) is 0 Å². The van der Waals surface area contributed by atoms with E-state index in [1.165, 1.54) is 11.1 Å². The number of aromatic nitrogens is 2. The van der Waals surface area contributed by atoms with Gasteiger partial charge < -0.3 is 0 Å². The summed E-state index contributed by atoms with van der Waals surface area (Å²) in [5.74, 6) is 0.740. The first-order valence-corrected chi connectivity index (χ1v) is 7.59. The molecule has 3 heteroatoms. The van der Waals surface area contributed by atoms with Gasteiger partial charge in [0.25, 0.3) is 0 Å². The van der Waals surface area contributed by atoms with Gasteiger partial charge in [0.1, 0.15) is 0 Å². The number of rotatable bonds is 3. The van der Waals surface area contributed by atoms with Crippen LogP contribution in [0.1, 0.15) is 17.5 Å². The van der Waals surface area contributed by atoms with Crippen LogP contribution in [0.2, 0.25) is 0 Å². The molecule has 0 spiro atoms. The molecule has 0 saturated carbocycles. The van der Waals surface area contributed by atoms with E-state index >= 15 is 0 Å². The fourth-order valence-corrected chi connectivity index (χ4v) is 2.65. The largest absolute Gasteiger partial charge is 0.260 e. The van der Waals surface area contributed by atoms with Crippen LogP contribution in [0.4, 0.5) is 0 Å². The third-order valence-corrected chi connectivity index (χ3v) is 3.90. The molecule has 3 aromatic rings. The average molecular weight is 297 g/mol. The molecule has 2 aromatic carbocycles. The van der Waals surface area contributed by atoms with Crippen LogP contribution in [0.3, 0.4) is 0 Å². The van der Waals surface area contributed by atoms with Gasteiger partial charge in [-0.2, -0.15) is 0 Å². The lowest BCUT2D eigenvalue weighted by atomic mass is 10.0. The Hall–Kier alpha value is -3.07. The van der Waals surface area contributed by atoms with Gasteiger partial charge in [-0.1, -0.05) is 60.7 Å². The second-order valence-electron chi connectivity index (χ2n) is 5.43. The number of allylic oxidation sites excluding steroid dienone is 1. The number of nitrogens with zero attached hydrogens (tertiary/aromatic N) is 3. The van der Waals surface area contributed by atoms with E-state index in [0.717, 1.165) is 29.1 Å². The molecule has 1 aliphatic heterocycles. The summed E-state index contributed by atoms with van der Waals surface area (Å²) in [5, 5.41) is 0. The van der Waals surface area contributed by atoms with Gasteiger partial charge in [0.05, 0.1) is 5.71 Å². The standard InChI is InChI=1S/C20H15N3/c1-3-7-15(8-4-1)17-11-19(21-12-17)18-13-22-20(23-14-18)16-9-5-2-6-10-16/h1-10,12-14H,11H2. The molecule has 1 aliphatic rings. The normalized spacial score (nSPS) is 13.6. The predicted octanol–water partition coefficient (Wildman–Crippen LogP) is 4.38. The zero-order valence-electron chi connectivity index (χ0n) is 12.6. The van der Waals surface area contributed by atoms with Gasteiger partial charge in [-0.05, 0) is 11.1 Å². The molecule has 1 aromatic heterocycles. The smallest absolute Gasteiger partial charge is 0.159 e. The number of hydrogen-bond acceptors (Lipinski definition) is 3. The first kappa shape index (κ1) is 13.6. The highest BCUT2D eigenvalue weighted by Crippen LogP contribution is 2.26. The van der Waals surface area contributed by atoms with Crippen molar-refractivity contribution in [2.24, 2.45) is 4.99 Å². The van der Waals surface area contributed by atoms with Crippen molar-refractivity contribution in [1.29, 1.82) is 0 Å². The molecule has 3 nitrogen and oxygen atoms in total. The summed E-state index contributed by atoms with van der Waals surface area (Å²) in [6.07, 6.45) is 6.47. The topological polar surface area (TPSA) is 38.1 Å². The Morgan fingerprint density at radius 1 is 0.652 bits per heavy atom. The monoisotopic (exact) mass is 297 g/mol. The van der Waals surface area contributed by atoms with E-state index in [9.17, 15) is 0 Å². The van der Waals surface area contributed by atoms with Gasteiger partial charge in [-0.25, -0.2) is 9.97 Å². The molecule has 0 radical (unpaired) electrons.